The summed E-state index contributed by atoms with van der Waals surface area (Å²) >= 11 is 0. The van der Waals surface area contributed by atoms with E-state index in [0.717, 1.165) is 68.4 Å². The van der Waals surface area contributed by atoms with Gasteiger partial charge in [0.15, 0.2) is 0 Å². The van der Waals surface area contributed by atoms with Gasteiger partial charge in [0.25, 0.3) is 0 Å². The number of unbranched alkanes of at least 4 members (excludes halogenated alkanes) is 6. The number of hydrogen-bond donors (Lipinski definition) is 6. The van der Waals surface area contributed by atoms with Crippen LogP contribution in [0.3, 0.4) is 0 Å². The van der Waals surface area contributed by atoms with Crippen molar-refractivity contribution in [2.45, 2.75) is 465 Å². The third-order valence-electron chi connectivity index (χ3n) is 26.5. The van der Waals surface area contributed by atoms with Crippen molar-refractivity contribution in [2.24, 2.45) is 35.4 Å². The van der Waals surface area contributed by atoms with Crippen molar-refractivity contribution in [2.75, 3.05) is 0 Å². The zero-order chi connectivity index (χ0) is 146. The molecule has 12 heteroatoms. The third-order valence-corrected chi connectivity index (χ3v) is 26.5. The van der Waals surface area contributed by atoms with Gasteiger partial charge in [-0.1, -0.05) is 188 Å². The molecule has 0 fully saturated rings. The van der Waals surface area contributed by atoms with Gasteiger partial charge in [-0.05, 0) is 384 Å². The molecule has 0 saturated heterocycles. The Balaban J connectivity index is 0.000000185. The highest BCUT2D eigenvalue weighted by atomic mass is 16.5. The average molecular weight is 1940 g/mol. The number of phenolic OH excluding ortho intramolecular Hbond substituents is 6. The molecule has 12 aliphatic rings. The Bertz CT molecular complexity index is 8010. The first-order valence-electron chi connectivity index (χ1n) is 75.7. The molecule has 0 saturated carbocycles. The second-order valence-electron chi connectivity index (χ2n) is 39.8. The lowest BCUT2D eigenvalue weighted by molar-refractivity contribution is 0.0104. The van der Waals surface area contributed by atoms with Crippen LogP contribution in [-0.2, 0) is 38.2 Å². The van der Waals surface area contributed by atoms with Gasteiger partial charge in [-0.25, -0.2) is 0 Å². The zero-order valence-electron chi connectivity index (χ0n) is 137. The van der Waals surface area contributed by atoms with Crippen molar-refractivity contribution < 1.29 is 132 Å². The van der Waals surface area contributed by atoms with Gasteiger partial charge in [0.2, 0.25) is 0 Å². The van der Waals surface area contributed by atoms with Crippen LogP contribution in [0.25, 0.3) is 0 Å². The van der Waals surface area contributed by atoms with E-state index in [2.05, 4.69) is 0 Å². The molecular weight excluding hydrogens is 1710 g/mol. The third kappa shape index (κ3) is 25.0. The molecule has 0 amide bonds. The van der Waals surface area contributed by atoms with E-state index in [1.165, 1.54) is 103 Å². The SMILES string of the molecule is [2H]C([2H])(CCCC)c1cc(O)c2c(c1)OC(C([2H])([2H])[2H])(C([2H])([2H])[2H])[C@@H]1CCC(C)=C[C@@H]21.[2H]C([2H])([2H])C1=C[C@@]2([2H])c3c(O)cc(C([2H])([2H])CCCC)cc3OC(C)(C)[C@@H]2CC1.[2H]C([2H])([2H])C1=C[C@@]2([2H])c3c(O)cc(C([2H])([2H])CCCC)cc3OC(C)(C)[C@@H]2CC1([2H])[2H].[2H]C1=C(C([2H])([2H])[2H])C([2H])([2H])C([2H])([2H])[C@@]2([2H])C(C)(C)Oc3cc(C([2H])([2H])CCCC)cc(O)c3[C@]12[2H].[2H]C1=C(C([2H])([2H])[2H])CC([2H])([2H])[C@@]2([2H])C(C)(C)Oc3cc(C([2H])([2H])CCCC)cc(O)c3[C@]12[2H].[2H]C1=C(C)C([2H])([2H])C([2H])([2H])[C@@]2([2H])C(C)(C)Oc3cc(C([2H])([2H])CCCC)cc(O)c3[C@]12[2H]. The topological polar surface area (TPSA) is 177 Å². The number of benzene rings is 6. The zero-order valence-corrected chi connectivity index (χ0v) is 83.6. The number of phenols is 6. The lowest BCUT2D eigenvalue weighted by Crippen LogP contribution is -2.45. The largest absolute Gasteiger partial charge is 0.507 e. The number of hydrogen-bond acceptors (Lipinski definition) is 12. The van der Waals surface area contributed by atoms with E-state index >= 15 is 0 Å². The minimum absolute atomic E-state index is 0.0137. The Hall–Kier alpha value is -8.64. The van der Waals surface area contributed by atoms with E-state index < -0.39 is 280 Å². The lowest BCUT2D eigenvalue weighted by Gasteiger charge is -2.46. The maximum Gasteiger partial charge on any atom is 0.127 e. The molecule has 0 radical (unpaired) electrons. The number of allylic oxidation sites excluding steroid dienone is 12. The number of rotatable bonds is 24. The van der Waals surface area contributed by atoms with Crippen LogP contribution in [0.2, 0.25) is 0 Å². The molecule has 0 unspecified atom stereocenters. The Kier molecular flexibility index (Phi) is 18.7. The molecule has 6 heterocycles. The first-order chi connectivity index (χ1) is 86.0. The molecule has 0 bridgehead atoms. The maximum absolute atomic E-state index is 11.0. The molecule has 12 nitrogen and oxygen atoms in total. The first-order valence-corrected chi connectivity index (χ1v) is 49.2. The average Bonchev–Trinajstić information content (AvgIpc) is 0.647. The van der Waals surface area contributed by atoms with E-state index in [-0.39, 0.29) is 157 Å². The van der Waals surface area contributed by atoms with E-state index in [1.54, 1.807) is 19.9 Å². The standard InChI is InChI=1S/6C21H30O2/c6*1-5-6-7-8-15-12-18(22)20-16-11-14(2)9-10-17(16)21(3,4)23-19(20)13-15/h6*11-13,16-17,22H,5-10H2,1-4H3/t6*16-,17-/m111111/s1/i2D3,8D2,9D2,10D2,11D,16D,17D;8D2,9D2,10D2,11D,16D,17D;2D3,8D2,10D2,11D,16D,17D;2D3,8D2,9D2,16D;3D3,4D3,8D2;2D3,8D2,16D. The monoisotopic (exact) mass is 1940 g/mol. The van der Waals surface area contributed by atoms with Crippen LogP contribution in [0.1, 0.15) is 533 Å². The van der Waals surface area contributed by atoms with Crippen LogP contribution in [0.15, 0.2) is 143 Å². The highest BCUT2D eigenvalue weighted by molar-refractivity contribution is 5.60. The molecule has 6 aliphatic heterocycles. The van der Waals surface area contributed by atoms with E-state index in [0.29, 0.717) is 81.8 Å². The first kappa shape index (κ1) is 56.4. The van der Waals surface area contributed by atoms with Crippen molar-refractivity contribution in [1.82, 2.24) is 0 Å². The Morgan fingerprint density at radius 3 is 0.957 bits per heavy atom. The molecule has 12 atom stereocenters. The van der Waals surface area contributed by atoms with Crippen molar-refractivity contribution >= 4 is 0 Å². The minimum atomic E-state index is -3.36. The molecular formula is C126H180O12. The van der Waals surface area contributed by atoms with Crippen LogP contribution in [0.4, 0.5) is 0 Å². The molecule has 6 N–H and O–H groups in total. The molecule has 6 aromatic carbocycles. The summed E-state index contributed by atoms with van der Waals surface area (Å²) in [4.78, 5) is 0. The molecule has 6 aromatic rings. The smallest absolute Gasteiger partial charge is 0.127 e. The van der Waals surface area contributed by atoms with Crippen molar-refractivity contribution in [3.8, 4) is 69.0 Å². The van der Waals surface area contributed by atoms with Crippen LogP contribution in [0.5, 0.6) is 69.0 Å². The van der Waals surface area contributed by atoms with Gasteiger partial charge in [-0.3, -0.25) is 0 Å². The van der Waals surface area contributed by atoms with Gasteiger partial charge in [0.1, 0.15) is 103 Å². The summed E-state index contributed by atoms with van der Waals surface area (Å²) in [7, 11) is 0. The quantitative estimate of drug-likeness (QED) is 0.0317. The summed E-state index contributed by atoms with van der Waals surface area (Å²) in [5, 5.41) is 65.5. The fraction of sp³-hybridized carbons (Fsp3) is 0.619. The summed E-state index contributed by atoms with van der Waals surface area (Å²) in [5.41, 5.74) is -10.9. The molecule has 0 aromatic heterocycles. The molecule has 0 spiro atoms. The summed E-state index contributed by atoms with van der Waals surface area (Å²) in [5.74, 6) is -24.8. The Morgan fingerprint density at radius 1 is 0.304 bits per heavy atom. The Labute approximate surface area is 908 Å². The summed E-state index contributed by atoms with van der Waals surface area (Å²) < 4.78 is 481. The van der Waals surface area contributed by atoms with Gasteiger partial charge < -0.3 is 59.1 Å². The van der Waals surface area contributed by atoms with Gasteiger partial charge in [-0.15, -0.1) is 0 Å². The minimum Gasteiger partial charge on any atom is -0.507 e. The van der Waals surface area contributed by atoms with E-state index in [1.807, 2.05) is 68.4 Å². The molecule has 18 rings (SSSR count). The molecule has 756 valence electrons. The van der Waals surface area contributed by atoms with E-state index in [9.17, 15) is 41.6 Å². The van der Waals surface area contributed by atoms with Gasteiger partial charge in [0.05, 0.1) is 4.11 Å². The number of aromatic hydroxyl groups is 6. The summed E-state index contributed by atoms with van der Waals surface area (Å²) in [6.07, 6.45) is -12.8. The van der Waals surface area contributed by atoms with Crippen LogP contribution < -0.4 is 28.4 Å². The summed E-state index contributed by atoms with van der Waals surface area (Å²) in [6, 6.07) is 13.1. The van der Waals surface area contributed by atoms with Gasteiger partial charge >= 0.3 is 0 Å². The molecule has 6 aliphatic carbocycles. The summed E-state index contributed by atoms with van der Waals surface area (Å²) in [6.45, 7) is 12.9. The predicted octanol–water partition coefficient (Wildman–Crippen LogP) is 34.4. The number of aryl methyl sites for hydroxylation is 6. The second-order valence-corrected chi connectivity index (χ2v) is 39.8. The highest BCUT2D eigenvalue weighted by Gasteiger charge is 2.52. The van der Waals surface area contributed by atoms with E-state index in [4.69, 9.17) is 90.1 Å². The fourth-order valence-corrected chi connectivity index (χ4v) is 19.3. The Morgan fingerprint density at radius 2 is 0.594 bits per heavy atom. The van der Waals surface area contributed by atoms with Crippen LogP contribution in [-0.4, -0.2) is 64.2 Å². The fourth-order valence-electron chi connectivity index (χ4n) is 19.3. The van der Waals surface area contributed by atoms with Crippen molar-refractivity contribution in [3.63, 3.8) is 0 Å². The van der Waals surface area contributed by atoms with Crippen molar-refractivity contribution in [3.05, 3.63) is 209 Å². The number of ether oxygens (including phenoxy) is 6. The van der Waals surface area contributed by atoms with Crippen LogP contribution >= 0.6 is 0 Å². The predicted molar refractivity (Wildman–Crippen MR) is 572 cm³/mol. The lowest BCUT2D eigenvalue weighted by atomic mass is 9.68. The maximum atomic E-state index is 11.0. The molecule has 138 heavy (non-hydrogen) atoms. The number of fused-ring (bicyclic) bond motifs is 18. The van der Waals surface area contributed by atoms with Crippen molar-refractivity contribution in [1.29, 1.82) is 0 Å². The second kappa shape index (κ2) is 45.7. The van der Waals surface area contributed by atoms with Gasteiger partial charge in [0, 0.05) is 173 Å². The van der Waals surface area contributed by atoms with Gasteiger partial charge in [-0.2, -0.15) is 0 Å². The van der Waals surface area contributed by atoms with Crippen LogP contribution in [0, 0.1) is 35.4 Å². The normalized spacial score (nSPS) is 38.6. The highest BCUT2D eigenvalue weighted by Crippen LogP contribution is 2.61.